The van der Waals surface area contributed by atoms with Crippen molar-refractivity contribution in [2.24, 2.45) is 0 Å². The number of nitrogens with one attached hydrogen (secondary N) is 1. The van der Waals surface area contributed by atoms with Gasteiger partial charge in [0, 0.05) is 11.0 Å². The fourth-order valence-corrected chi connectivity index (χ4v) is 1.63. The van der Waals surface area contributed by atoms with Crippen molar-refractivity contribution < 1.29 is 18.0 Å². The summed E-state index contributed by atoms with van der Waals surface area (Å²) < 4.78 is 37.9. The molecular formula is C12H11BrF3NO. The van der Waals surface area contributed by atoms with Gasteiger partial charge < -0.3 is 5.32 Å². The summed E-state index contributed by atoms with van der Waals surface area (Å²) in [6, 6.07) is 2.94. The topological polar surface area (TPSA) is 29.1 Å². The van der Waals surface area contributed by atoms with Crippen molar-refractivity contribution in [1.29, 1.82) is 0 Å². The van der Waals surface area contributed by atoms with E-state index in [1.165, 1.54) is 6.07 Å². The summed E-state index contributed by atoms with van der Waals surface area (Å²) in [6.07, 6.45) is -4.47. The van der Waals surface area contributed by atoms with E-state index in [-0.39, 0.29) is 12.1 Å². The van der Waals surface area contributed by atoms with Gasteiger partial charge in [-0.25, -0.2) is 0 Å². The summed E-state index contributed by atoms with van der Waals surface area (Å²) in [6.45, 7) is 5.53. The van der Waals surface area contributed by atoms with Gasteiger partial charge in [-0.15, -0.1) is 0 Å². The molecule has 0 unspecified atom stereocenters. The van der Waals surface area contributed by atoms with Crippen LogP contribution in [0.5, 0.6) is 0 Å². The summed E-state index contributed by atoms with van der Waals surface area (Å²) in [4.78, 5) is 11.7. The highest BCUT2D eigenvalue weighted by Gasteiger charge is 2.31. The summed E-state index contributed by atoms with van der Waals surface area (Å²) in [5.74, 6) is -0.573. The molecule has 2 nitrogen and oxygen atoms in total. The molecule has 0 fully saturated rings. The van der Waals surface area contributed by atoms with Gasteiger partial charge in [0.2, 0.25) is 0 Å². The van der Waals surface area contributed by atoms with Crippen molar-refractivity contribution >= 4 is 21.8 Å². The van der Waals surface area contributed by atoms with Gasteiger partial charge in [0.05, 0.1) is 11.1 Å². The number of alkyl halides is 3. The van der Waals surface area contributed by atoms with Crippen molar-refractivity contribution in [1.82, 2.24) is 5.32 Å². The Kier molecular flexibility index (Phi) is 4.56. The molecule has 1 aromatic rings. The van der Waals surface area contributed by atoms with Gasteiger partial charge in [-0.05, 0) is 41.1 Å². The second-order valence-corrected chi connectivity index (χ2v) is 4.69. The molecule has 6 heteroatoms. The predicted molar refractivity (Wildman–Crippen MR) is 66.3 cm³/mol. The minimum absolute atomic E-state index is 0.0499. The molecule has 1 N–H and O–H groups in total. The standard InChI is InChI=1S/C12H11BrF3NO/c1-7(2)6-17-11(18)9-5-8(12(14,15)16)3-4-10(9)13/h3-5H,1,6H2,2H3,(H,17,18). The molecule has 0 bridgehead atoms. The number of hydrogen-bond donors (Lipinski definition) is 1. The van der Waals surface area contributed by atoms with E-state index in [0.717, 1.165) is 12.1 Å². The molecule has 18 heavy (non-hydrogen) atoms. The number of amides is 1. The molecule has 0 saturated heterocycles. The third-order valence-corrected chi connectivity index (χ3v) is 2.78. The zero-order valence-corrected chi connectivity index (χ0v) is 11.2. The number of rotatable bonds is 3. The number of benzene rings is 1. The molecule has 0 aliphatic rings. The lowest BCUT2D eigenvalue weighted by atomic mass is 10.1. The van der Waals surface area contributed by atoms with E-state index in [9.17, 15) is 18.0 Å². The number of hydrogen-bond acceptors (Lipinski definition) is 1. The van der Waals surface area contributed by atoms with Gasteiger partial charge in [0.15, 0.2) is 0 Å². The Hall–Kier alpha value is -1.30. The maximum absolute atomic E-state index is 12.5. The highest BCUT2D eigenvalue weighted by molar-refractivity contribution is 9.10. The van der Waals surface area contributed by atoms with Gasteiger partial charge in [-0.1, -0.05) is 12.2 Å². The average molecular weight is 322 g/mol. The Balaban J connectivity index is 3.01. The largest absolute Gasteiger partial charge is 0.416 e. The molecular weight excluding hydrogens is 311 g/mol. The number of carbonyl (C=O) groups excluding carboxylic acids is 1. The fourth-order valence-electron chi connectivity index (χ4n) is 1.20. The molecule has 1 aromatic carbocycles. The summed E-state index contributed by atoms with van der Waals surface area (Å²) in [5.41, 5.74) is -0.191. The lowest BCUT2D eigenvalue weighted by Crippen LogP contribution is -2.25. The number of halogens is 4. The van der Waals surface area contributed by atoms with E-state index >= 15 is 0 Å². The average Bonchev–Trinajstić information content (AvgIpc) is 2.24. The van der Waals surface area contributed by atoms with E-state index in [2.05, 4.69) is 27.8 Å². The Morgan fingerprint density at radius 1 is 1.44 bits per heavy atom. The molecule has 0 spiro atoms. The van der Waals surface area contributed by atoms with Crippen molar-refractivity contribution in [3.63, 3.8) is 0 Å². The second-order valence-electron chi connectivity index (χ2n) is 3.83. The maximum Gasteiger partial charge on any atom is 0.416 e. The molecule has 0 aliphatic heterocycles. The third-order valence-electron chi connectivity index (χ3n) is 2.09. The number of carbonyl (C=O) groups is 1. The van der Waals surface area contributed by atoms with Crippen LogP contribution in [-0.4, -0.2) is 12.5 Å². The Morgan fingerprint density at radius 2 is 2.06 bits per heavy atom. The van der Waals surface area contributed by atoms with Crippen LogP contribution in [0.25, 0.3) is 0 Å². The summed E-state index contributed by atoms with van der Waals surface area (Å²) in [7, 11) is 0. The van der Waals surface area contributed by atoms with Gasteiger partial charge in [-0.3, -0.25) is 4.79 Å². The van der Waals surface area contributed by atoms with Crippen LogP contribution in [0, 0.1) is 0 Å². The molecule has 98 valence electrons. The Bertz CT molecular complexity index is 483. The smallest absolute Gasteiger partial charge is 0.348 e. The van der Waals surface area contributed by atoms with Crippen LogP contribution in [0.2, 0.25) is 0 Å². The van der Waals surface area contributed by atoms with E-state index in [1.807, 2.05) is 0 Å². The zero-order chi connectivity index (χ0) is 13.9. The quantitative estimate of drug-likeness (QED) is 0.843. The first kappa shape index (κ1) is 14.8. The molecule has 1 rings (SSSR count). The lowest BCUT2D eigenvalue weighted by Gasteiger charge is -2.11. The second kappa shape index (κ2) is 5.56. The first-order valence-corrected chi connectivity index (χ1v) is 5.80. The SMILES string of the molecule is C=C(C)CNC(=O)c1cc(C(F)(F)F)ccc1Br. The summed E-state index contributed by atoms with van der Waals surface area (Å²) in [5, 5.41) is 2.48. The Morgan fingerprint density at radius 3 is 2.56 bits per heavy atom. The maximum atomic E-state index is 12.5. The minimum Gasteiger partial charge on any atom is -0.348 e. The highest BCUT2D eigenvalue weighted by Crippen LogP contribution is 2.31. The molecule has 0 heterocycles. The predicted octanol–water partition coefficient (Wildman–Crippen LogP) is 3.77. The van der Waals surface area contributed by atoms with E-state index in [0.29, 0.717) is 10.0 Å². The Labute approximate surface area is 111 Å². The van der Waals surface area contributed by atoms with Gasteiger partial charge in [0.25, 0.3) is 5.91 Å². The molecule has 0 radical (unpaired) electrons. The molecule has 0 atom stereocenters. The van der Waals surface area contributed by atoms with Crippen molar-refractivity contribution in [3.05, 3.63) is 46.0 Å². The van der Waals surface area contributed by atoms with Crippen molar-refractivity contribution in [2.45, 2.75) is 13.1 Å². The normalized spacial score (nSPS) is 11.2. The minimum atomic E-state index is -4.47. The van der Waals surface area contributed by atoms with Crippen LogP contribution >= 0.6 is 15.9 Å². The highest BCUT2D eigenvalue weighted by atomic mass is 79.9. The zero-order valence-electron chi connectivity index (χ0n) is 9.57. The van der Waals surface area contributed by atoms with Gasteiger partial charge >= 0.3 is 6.18 Å². The lowest BCUT2D eigenvalue weighted by molar-refractivity contribution is -0.137. The first-order valence-electron chi connectivity index (χ1n) is 5.01. The summed E-state index contributed by atoms with van der Waals surface area (Å²) >= 11 is 3.05. The third kappa shape index (κ3) is 3.87. The molecule has 0 aliphatic carbocycles. The van der Waals surface area contributed by atoms with Crippen molar-refractivity contribution in [2.75, 3.05) is 6.54 Å². The first-order chi connectivity index (χ1) is 8.21. The van der Waals surface area contributed by atoms with E-state index < -0.39 is 17.6 Å². The molecule has 0 saturated carbocycles. The molecule has 0 aromatic heterocycles. The van der Waals surface area contributed by atoms with Crippen LogP contribution in [0.1, 0.15) is 22.8 Å². The van der Waals surface area contributed by atoms with Gasteiger partial charge in [-0.2, -0.15) is 13.2 Å². The van der Waals surface area contributed by atoms with Crippen molar-refractivity contribution in [3.8, 4) is 0 Å². The van der Waals surface area contributed by atoms with Gasteiger partial charge in [0.1, 0.15) is 0 Å². The van der Waals surface area contributed by atoms with E-state index in [1.54, 1.807) is 6.92 Å². The van der Waals surface area contributed by atoms with E-state index in [4.69, 9.17) is 0 Å². The molecule has 1 amide bonds. The van der Waals surface area contributed by atoms with Crippen LogP contribution in [0.15, 0.2) is 34.8 Å². The van der Waals surface area contributed by atoms with Crippen LogP contribution in [0.3, 0.4) is 0 Å². The van der Waals surface area contributed by atoms with Crippen LogP contribution < -0.4 is 5.32 Å². The monoisotopic (exact) mass is 321 g/mol. The van der Waals surface area contributed by atoms with Crippen LogP contribution in [-0.2, 0) is 6.18 Å². The fraction of sp³-hybridized carbons (Fsp3) is 0.250. The van der Waals surface area contributed by atoms with Crippen LogP contribution in [0.4, 0.5) is 13.2 Å².